The lowest BCUT2D eigenvalue weighted by Crippen LogP contribution is -2.13. The molecular weight excluding hydrogens is 266 g/mol. The van der Waals surface area contributed by atoms with Crippen molar-refractivity contribution in [3.05, 3.63) is 33.9 Å². The molecule has 6 heteroatoms. The molecule has 3 atom stereocenters. The highest BCUT2D eigenvalue weighted by molar-refractivity contribution is 8.00. The first-order valence-corrected chi connectivity index (χ1v) is 7.11. The summed E-state index contributed by atoms with van der Waals surface area (Å²) in [6.45, 7) is 4.29. The van der Waals surface area contributed by atoms with Crippen molar-refractivity contribution in [2.45, 2.75) is 42.6 Å². The lowest BCUT2D eigenvalue weighted by atomic mass is 10.1. The van der Waals surface area contributed by atoms with E-state index in [9.17, 15) is 15.2 Å². The number of ether oxygens (including phenoxy) is 1. The molecule has 0 radical (unpaired) electrons. The lowest BCUT2D eigenvalue weighted by molar-refractivity contribution is -0.387. The zero-order valence-electron chi connectivity index (χ0n) is 10.9. The van der Waals surface area contributed by atoms with Gasteiger partial charge in [-0.05, 0) is 31.9 Å². The minimum Gasteiger partial charge on any atom is -0.389 e. The Hall–Kier alpha value is -1.11. The van der Waals surface area contributed by atoms with E-state index in [1.807, 2.05) is 6.92 Å². The molecule has 0 saturated carbocycles. The van der Waals surface area contributed by atoms with Crippen molar-refractivity contribution in [1.82, 2.24) is 0 Å². The van der Waals surface area contributed by atoms with Gasteiger partial charge in [0.25, 0.3) is 5.69 Å². The molecule has 0 aromatic heterocycles. The fraction of sp³-hybridized carbons (Fsp3) is 0.538. The number of thioether (sulfide) groups is 1. The molecule has 1 aromatic rings. The molecule has 0 aliphatic carbocycles. The summed E-state index contributed by atoms with van der Waals surface area (Å²) in [5, 5.41) is 20.9. The third-order valence-electron chi connectivity index (χ3n) is 3.25. The van der Waals surface area contributed by atoms with Crippen LogP contribution < -0.4 is 0 Å². The van der Waals surface area contributed by atoms with Crippen LogP contribution in [0, 0.1) is 10.1 Å². The number of nitrogens with zero attached hydrogens (tertiary/aromatic N) is 1. The number of aliphatic hydroxyl groups excluding tert-OH is 1. The number of nitro groups is 1. The highest BCUT2D eigenvalue weighted by atomic mass is 32.2. The molecule has 2 rings (SSSR count). The van der Waals surface area contributed by atoms with Gasteiger partial charge in [0, 0.05) is 17.9 Å². The number of benzene rings is 1. The number of rotatable bonds is 4. The second-order valence-electron chi connectivity index (χ2n) is 4.68. The minimum atomic E-state index is -0.702. The van der Waals surface area contributed by atoms with E-state index in [0.717, 1.165) is 6.42 Å². The van der Waals surface area contributed by atoms with Gasteiger partial charge in [-0.3, -0.25) is 10.1 Å². The Kier molecular flexibility index (Phi) is 4.44. The van der Waals surface area contributed by atoms with Crippen LogP contribution in [0.15, 0.2) is 23.1 Å². The topological polar surface area (TPSA) is 72.6 Å². The molecule has 0 bridgehead atoms. The van der Waals surface area contributed by atoms with Gasteiger partial charge in [-0.25, -0.2) is 0 Å². The van der Waals surface area contributed by atoms with Crippen molar-refractivity contribution in [2.75, 3.05) is 6.61 Å². The summed E-state index contributed by atoms with van der Waals surface area (Å²) < 4.78 is 5.47. The molecule has 1 saturated heterocycles. The van der Waals surface area contributed by atoms with Crippen LogP contribution in [-0.4, -0.2) is 28.0 Å². The van der Waals surface area contributed by atoms with Gasteiger partial charge < -0.3 is 9.84 Å². The Morgan fingerprint density at radius 3 is 2.84 bits per heavy atom. The summed E-state index contributed by atoms with van der Waals surface area (Å²) in [6.07, 6.45) is 0.314. The predicted molar refractivity (Wildman–Crippen MR) is 73.4 cm³/mol. The van der Waals surface area contributed by atoms with Crippen molar-refractivity contribution < 1.29 is 14.8 Å². The van der Waals surface area contributed by atoms with Crippen LogP contribution in [0.2, 0.25) is 0 Å². The van der Waals surface area contributed by atoms with Crippen LogP contribution >= 0.6 is 11.8 Å². The van der Waals surface area contributed by atoms with Crippen molar-refractivity contribution in [1.29, 1.82) is 0 Å². The highest BCUT2D eigenvalue weighted by Crippen LogP contribution is 2.38. The maximum atomic E-state index is 11.1. The van der Waals surface area contributed by atoms with E-state index in [0.29, 0.717) is 17.1 Å². The van der Waals surface area contributed by atoms with E-state index in [-0.39, 0.29) is 17.0 Å². The van der Waals surface area contributed by atoms with Crippen LogP contribution in [0.25, 0.3) is 0 Å². The molecule has 1 N–H and O–H groups in total. The zero-order chi connectivity index (χ0) is 14.0. The van der Waals surface area contributed by atoms with Crippen molar-refractivity contribution >= 4 is 17.4 Å². The summed E-state index contributed by atoms with van der Waals surface area (Å²) in [6, 6.07) is 4.91. The second kappa shape index (κ2) is 5.90. The monoisotopic (exact) mass is 283 g/mol. The molecule has 1 aliphatic heterocycles. The summed E-state index contributed by atoms with van der Waals surface area (Å²) in [5.41, 5.74) is 0.620. The molecule has 1 heterocycles. The van der Waals surface area contributed by atoms with Crippen molar-refractivity contribution in [2.24, 2.45) is 0 Å². The number of hydrogen-bond acceptors (Lipinski definition) is 5. The minimum absolute atomic E-state index is 0.0579. The number of aliphatic hydroxyl groups is 1. The first-order valence-electron chi connectivity index (χ1n) is 6.23. The molecule has 5 nitrogen and oxygen atoms in total. The van der Waals surface area contributed by atoms with Crippen LogP contribution in [0.4, 0.5) is 5.69 Å². The van der Waals surface area contributed by atoms with E-state index >= 15 is 0 Å². The van der Waals surface area contributed by atoms with Crippen LogP contribution in [0.3, 0.4) is 0 Å². The molecule has 1 aliphatic rings. The quantitative estimate of drug-likeness (QED) is 0.679. The Morgan fingerprint density at radius 2 is 2.32 bits per heavy atom. The average molecular weight is 283 g/mol. The third-order valence-corrected chi connectivity index (χ3v) is 4.77. The largest absolute Gasteiger partial charge is 0.389 e. The van der Waals surface area contributed by atoms with E-state index in [2.05, 4.69) is 0 Å². The summed E-state index contributed by atoms with van der Waals surface area (Å²) in [5.74, 6) is 0. The van der Waals surface area contributed by atoms with E-state index in [4.69, 9.17) is 4.74 Å². The maximum Gasteiger partial charge on any atom is 0.283 e. The molecule has 1 aromatic carbocycles. The SMILES string of the molecule is CC1OCCC1Sc1ccc([C@@H](C)O)cc1[N+](=O)[O-]. The van der Waals surface area contributed by atoms with Gasteiger partial charge in [0.05, 0.1) is 22.0 Å². The summed E-state index contributed by atoms with van der Waals surface area (Å²) in [4.78, 5) is 11.4. The van der Waals surface area contributed by atoms with Gasteiger partial charge >= 0.3 is 0 Å². The Bertz CT molecular complexity index is 478. The Labute approximate surface area is 116 Å². The van der Waals surface area contributed by atoms with Gasteiger partial charge in [0.2, 0.25) is 0 Å². The third kappa shape index (κ3) is 3.26. The van der Waals surface area contributed by atoms with E-state index < -0.39 is 11.0 Å². The van der Waals surface area contributed by atoms with E-state index in [1.165, 1.54) is 17.8 Å². The van der Waals surface area contributed by atoms with Crippen LogP contribution in [-0.2, 0) is 4.74 Å². The zero-order valence-corrected chi connectivity index (χ0v) is 11.7. The molecule has 0 amide bonds. The fourth-order valence-electron chi connectivity index (χ4n) is 2.07. The Balaban J connectivity index is 2.26. The number of hydrogen-bond donors (Lipinski definition) is 1. The first-order chi connectivity index (χ1) is 8.99. The summed E-state index contributed by atoms with van der Waals surface area (Å²) >= 11 is 1.49. The van der Waals surface area contributed by atoms with Crippen LogP contribution in [0.1, 0.15) is 31.9 Å². The second-order valence-corrected chi connectivity index (χ2v) is 5.96. The van der Waals surface area contributed by atoms with Gasteiger partial charge in [0.15, 0.2) is 0 Å². The standard InChI is InChI=1S/C13H17NO4S/c1-8(15)10-3-4-13(11(7-10)14(16)17)19-12-5-6-18-9(12)2/h3-4,7-9,12,15H,5-6H2,1-2H3/t8-,9?,12?/m1/s1. The van der Waals surface area contributed by atoms with Crippen molar-refractivity contribution in [3.63, 3.8) is 0 Å². The van der Waals surface area contributed by atoms with Crippen molar-refractivity contribution in [3.8, 4) is 0 Å². The average Bonchev–Trinajstić information content (AvgIpc) is 2.75. The Morgan fingerprint density at radius 1 is 1.58 bits per heavy atom. The molecule has 2 unspecified atom stereocenters. The molecule has 104 valence electrons. The first kappa shape index (κ1) is 14.3. The fourth-order valence-corrected chi connectivity index (χ4v) is 3.28. The molecule has 1 fully saturated rings. The maximum absolute atomic E-state index is 11.1. The van der Waals surface area contributed by atoms with Gasteiger partial charge in [-0.15, -0.1) is 11.8 Å². The lowest BCUT2D eigenvalue weighted by Gasteiger charge is -2.14. The van der Waals surface area contributed by atoms with Gasteiger partial charge in [-0.1, -0.05) is 6.07 Å². The highest BCUT2D eigenvalue weighted by Gasteiger charge is 2.28. The normalized spacial score (nSPS) is 24.4. The smallest absolute Gasteiger partial charge is 0.283 e. The predicted octanol–water partition coefficient (Wildman–Crippen LogP) is 2.92. The van der Waals surface area contributed by atoms with Crippen LogP contribution in [0.5, 0.6) is 0 Å². The van der Waals surface area contributed by atoms with Gasteiger partial charge in [-0.2, -0.15) is 0 Å². The van der Waals surface area contributed by atoms with Gasteiger partial charge in [0.1, 0.15) is 0 Å². The number of nitro benzene ring substituents is 1. The van der Waals surface area contributed by atoms with E-state index in [1.54, 1.807) is 19.1 Å². The molecular formula is C13H17NO4S. The molecule has 19 heavy (non-hydrogen) atoms. The molecule has 0 spiro atoms. The summed E-state index contributed by atoms with van der Waals surface area (Å²) in [7, 11) is 0.